The number of pyridine rings is 1. The minimum atomic E-state index is -0.426. The lowest BCUT2D eigenvalue weighted by Crippen LogP contribution is -2.45. The summed E-state index contributed by atoms with van der Waals surface area (Å²) in [6.45, 7) is 1.40. The van der Waals surface area contributed by atoms with Crippen molar-refractivity contribution in [3.63, 3.8) is 0 Å². The quantitative estimate of drug-likeness (QED) is 0.578. The summed E-state index contributed by atoms with van der Waals surface area (Å²) in [5.41, 5.74) is 8.30. The summed E-state index contributed by atoms with van der Waals surface area (Å²) < 4.78 is 0.891. The molecule has 0 bridgehead atoms. The van der Waals surface area contributed by atoms with E-state index in [0.717, 1.165) is 16.3 Å². The van der Waals surface area contributed by atoms with Gasteiger partial charge in [0, 0.05) is 29.6 Å². The van der Waals surface area contributed by atoms with Crippen LogP contribution in [0.5, 0.6) is 0 Å². The van der Waals surface area contributed by atoms with Gasteiger partial charge in [-0.2, -0.15) is 0 Å². The number of aromatic nitrogens is 1. The van der Waals surface area contributed by atoms with E-state index in [2.05, 4.69) is 36.8 Å². The van der Waals surface area contributed by atoms with Crippen LogP contribution in [0.3, 0.4) is 0 Å². The first-order valence-electron chi connectivity index (χ1n) is 8.42. The Morgan fingerprint density at radius 1 is 1.30 bits per heavy atom. The van der Waals surface area contributed by atoms with Gasteiger partial charge in [-0.05, 0) is 36.8 Å². The number of aldehydes is 1. The number of amides is 1. The van der Waals surface area contributed by atoms with E-state index in [9.17, 15) is 9.59 Å². The summed E-state index contributed by atoms with van der Waals surface area (Å²) in [5.74, 6) is 0.225. The summed E-state index contributed by atoms with van der Waals surface area (Å²) in [6.07, 6.45) is 3.34. The van der Waals surface area contributed by atoms with Gasteiger partial charge < -0.3 is 4.79 Å². The highest BCUT2D eigenvalue weighted by molar-refractivity contribution is 9.10. The van der Waals surface area contributed by atoms with Crippen molar-refractivity contribution < 1.29 is 9.59 Å². The zero-order valence-corrected chi connectivity index (χ0v) is 16.2. The Morgan fingerprint density at radius 3 is 2.85 bits per heavy atom. The minimum Gasteiger partial charge on any atom is -0.303 e. The fourth-order valence-corrected chi connectivity index (χ4v) is 3.04. The third kappa shape index (κ3) is 4.65. The standard InChI is InChI=1S/C19H18BrN5O2/c1-12(27)24-25-19-17(6-4-10-26)22-18(16-5-2-3-9-21-16)14-11-13(20)7-8-15(14)23-19/h2-3,5,7-11,17H,4,6H2,1H3,(H,23,25)(H,24,27)/t17-/m0/s1. The number of hydrogen-bond acceptors (Lipinski definition) is 6. The van der Waals surface area contributed by atoms with Crippen molar-refractivity contribution in [1.82, 2.24) is 15.8 Å². The Hall–Kier alpha value is -2.87. The van der Waals surface area contributed by atoms with E-state index in [0.29, 0.717) is 35.8 Å². The van der Waals surface area contributed by atoms with E-state index in [1.165, 1.54) is 6.92 Å². The fourth-order valence-electron chi connectivity index (χ4n) is 2.68. The molecule has 138 valence electrons. The third-order valence-corrected chi connectivity index (χ3v) is 4.38. The van der Waals surface area contributed by atoms with Crippen molar-refractivity contribution in [2.45, 2.75) is 25.8 Å². The molecule has 2 N–H and O–H groups in total. The van der Waals surface area contributed by atoms with Crippen LogP contribution in [0, 0.1) is 0 Å². The van der Waals surface area contributed by atoms with Crippen molar-refractivity contribution in [3.05, 3.63) is 58.3 Å². The van der Waals surface area contributed by atoms with Gasteiger partial charge in [0.1, 0.15) is 18.2 Å². The molecule has 2 aromatic rings. The minimum absolute atomic E-state index is 0.249. The number of nitrogens with zero attached hydrogens (tertiary/aromatic N) is 3. The molecule has 2 heterocycles. The number of carbonyl (C=O) groups excluding carboxylic acids is 2. The Balaban J connectivity index is 2.14. The topological polar surface area (TPSA) is 95.8 Å². The van der Waals surface area contributed by atoms with Gasteiger partial charge in [-0.25, -0.2) is 4.99 Å². The summed E-state index contributed by atoms with van der Waals surface area (Å²) in [6, 6.07) is 10.9. The highest BCUT2D eigenvalue weighted by Crippen LogP contribution is 2.29. The zero-order valence-electron chi connectivity index (χ0n) is 14.6. The number of fused-ring (bicyclic) bond motifs is 1. The molecule has 1 aliphatic rings. The number of carbonyl (C=O) groups is 2. The number of amidine groups is 1. The van der Waals surface area contributed by atoms with E-state index >= 15 is 0 Å². The van der Waals surface area contributed by atoms with E-state index in [1.807, 2.05) is 36.4 Å². The van der Waals surface area contributed by atoms with Crippen molar-refractivity contribution in [3.8, 4) is 0 Å². The number of hydrogen-bond donors (Lipinski definition) is 2. The molecule has 0 unspecified atom stereocenters. The molecule has 3 rings (SSSR count). The van der Waals surface area contributed by atoms with Gasteiger partial charge in [0.15, 0.2) is 0 Å². The molecule has 1 aromatic carbocycles. The van der Waals surface area contributed by atoms with Crippen LogP contribution in [0.25, 0.3) is 0 Å². The van der Waals surface area contributed by atoms with E-state index in [-0.39, 0.29) is 5.91 Å². The second-order valence-corrected chi connectivity index (χ2v) is 6.83. The number of benzene rings is 1. The molecule has 1 amide bonds. The van der Waals surface area contributed by atoms with Gasteiger partial charge in [0.2, 0.25) is 5.91 Å². The van der Waals surface area contributed by atoms with Crippen LogP contribution in [-0.2, 0) is 9.59 Å². The number of halogens is 1. The molecule has 1 atom stereocenters. The molecule has 0 saturated heterocycles. The van der Waals surface area contributed by atoms with Crippen LogP contribution >= 0.6 is 15.9 Å². The lowest BCUT2D eigenvalue weighted by atomic mass is 10.0. The molecule has 7 nitrogen and oxygen atoms in total. The molecule has 0 spiro atoms. The van der Waals surface area contributed by atoms with Crippen LogP contribution in [0.4, 0.5) is 5.69 Å². The first-order valence-corrected chi connectivity index (χ1v) is 9.21. The van der Waals surface area contributed by atoms with E-state index in [1.54, 1.807) is 6.20 Å². The lowest BCUT2D eigenvalue weighted by molar-refractivity contribution is -0.119. The molecule has 0 aliphatic carbocycles. The molecule has 0 fully saturated rings. The van der Waals surface area contributed by atoms with Crippen molar-refractivity contribution in [2.24, 2.45) is 9.98 Å². The third-order valence-electron chi connectivity index (χ3n) is 3.89. The number of aliphatic imine (C=N–C) groups is 2. The van der Waals surface area contributed by atoms with Gasteiger partial charge in [-0.1, -0.05) is 22.0 Å². The first-order chi connectivity index (χ1) is 13.1. The molecule has 1 aromatic heterocycles. The highest BCUT2D eigenvalue weighted by Gasteiger charge is 2.24. The van der Waals surface area contributed by atoms with E-state index in [4.69, 9.17) is 4.99 Å². The Morgan fingerprint density at radius 2 is 2.15 bits per heavy atom. The smallest absolute Gasteiger partial charge is 0.235 e. The van der Waals surface area contributed by atoms with Crippen LogP contribution in [-0.4, -0.2) is 34.8 Å². The van der Waals surface area contributed by atoms with Crippen LogP contribution in [0.15, 0.2) is 57.1 Å². The number of hydrazine groups is 1. The summed E-state index contributed by atoms with van der Waals surface area (Å²) in [5, 5.41) is 0. The largest absolute Gasteiger partial charge is 0.303 e. The zero-order chi connectivity index (χ0) is 19.2. The monoisotopic (exact) mass is 427 g/mol. The van der Waals surface area contributed by atoms with Crippen LogP contribution < -0.4 is 10.9 Å². The summed E-state index contributed by atoms with van der Waals surface area (Å²) in [4.78, 5) is 36.2. The average Bonchev–Trinajstić information content (AvgIpc) is 2.82. The summed E-state index contributed by atoms with van der Waals surface area (Å²) in [7, 11) is 0. The maximum atomic E-state index is 11.3. The molecule has 1 aliphatic heterocycles. The molecular formula is C19H18BrN5O2. The van der Waals surface area contributed by atoms with Gasteiger partial charge in [0.25, 0.3) is 0 Å². The van der Waals surface area contributed by atoms with Gasteiger partial charge >= 0.3 is 0 Å². The van der Waals surface area contributed by atoms with Gasteiger partial charge in [-0.15, -0.1) is 0 Å². The molecule has 8 heteroatoms. The Kier molecular flexibility index (Phi) is 6.08. The highest BCUT2D eigenvalue weighted by atomic mass is 79.9. The Labute approximate surface area is 165 Å². The predicted molar refractivity (Wildman–Crippen MR) is 107 cm³/mol. The maximum Gasteiger partial charge on any atom is 0.235 e. The number of nitrogens with one attached hydrogen (secondary N) is 2. The Bertz CT molecular complexity index is 912. The summed E-state index contributed by atoms with van der Waals surface area (Å²) >= 11 is 3.50. The average molecular weight is 428 g/mol. The first kappa shape index (κ1) is 18.9. The lowest BCUT2D eigenvalue weighted by Gasteiger charge is -2.16. The van der Waals surface area contributed by atoms with Crippen molar-refractivity contribution >= 4 is 45.4 Å². The van der Waals surface area contributed by atoms with E-state index < -0.39 is 6.04 Å². The van der Waals surface area contributed by atoms with Crippen LogP contribution in [0.1, 0.15) is 31.0 Å². The molecular weight excluding hydrogens is 410 g/mol. The fraction of sp³-hybridized carbons (Fsp3) is 0.211. The normalized spacial score (nSPS) is 15.7. The molecule has 0 radical (unpaired) electrons. The molecule has 27 heavy (non-hydrogen) atoms. The predicted octanol–water partition coefficient (Wildman–Crippen LogP) is 2.71. The van der Waals surface area contributed by atoms with Crippen molar-refractivity contribution in [1.29, 1.82) is 0 Å². The van der Waals surface area contributed by atoms with Gasteiger partial charge in [0.05, 0.1) is 17.1 Å². The molecule has 0 saturated carbocycles. The second-order valence-electron chi connectivity index (χ2n) is 5.92. The maximum absolute atomic E-state index is 11.3. The van der Waals surface area contributed by atoms with Crippen LogP contribution in [0.2, 0.25) is 0 Å². The SMILES string of the molecule is CC(=O)NNC1=Nc2ccc(Br)cc2C(c2ccccn2)=N[C@H]1CCC=O. The van der Waals surface area contributed by atoms with Gasteiger partial charge in [-0.3, -0.25) is 25.6 Å². The number of rotatable bonds is 4. The second kappa shape index (κ2) is 8.68. The van der Waals surface area contributed by atoms with Crippen molar-refractivity contribution in [2.75, 3.05) is 0 Å².